The van der Waals surface area contributed by atoms with Gasteiger partial charge in [0.05, 0.1) is 24.5 Å². The van der Waals surface area contributed by atoms with Crippen LogP contribution in [0, 0.1) is 0 Å². The molecule has 1 amide bonds. The quantitative estimate of drug-likeness (QED) is 0.269. The molecule has 0 aliphatic heterocycles. The second kappa shape index (κ2) is 13.6. The van der Waals surface area contributed by atoms with Crippen LogP contribution in [-0.2, 0) is 9.53 Å². The maximum Gasteiger partial charge on any atom is 0.335 e. The van der Waals surface area contributed by atoms with E-state index in [0.29, 0.717) is 5.69 Å². The van der Waals surface area contributed by atoms with Crippen molar-refractivity contribution in [2.75, 3.05) is 25.6 Å². The number of hydrogen-bond acceptors (Lipinski definition) is 6. The normalized spacial score (nSPS) is 12.2. The zero-order valence-electron chi connectivity index (χ0n) is 22.9. The number of aromatic nitrogens is 1. The van der Waals surface area contributed by atoms with Crippen LogP contribution in [0.25, 0.3) is 11.1 Å². The summed E-state index contributed by atoms with van der Waals surface area (Å²) in [5, 5.41) is 12.1. The summed E-state index contributed by atoms with van der Waals surface area (Å²) in [7, 11) is 1.36. The molecule has 1 unspecified atom stereocenters. The lowest BCUT2D eigenvalue weighted by atomic mass is 10.0. The smallest absolute Gasteiger partial charge is 0.335 e. The lowest BCUT2D eigenvalue weighted by molar-refractivity contribution is -0.120. The highest BCUT2D eigenvalue weighted by Gasteiger charge is 2.25. The van der Waals surface area contributed by atoms with Crippen LogP contribution in [0.15, 0.2) is 59.5 Å². The lowest BCUT2D eigenvalue weighted by Gasteiger charge is -2.24. The number of pyridine rings is 1. The molecule has 41 heavy (non-hydrogen) atoms. The average Bonchev–Trinajstić information content (AvgIpc) is 2.90. The summed E-state index contributed by atoms with van der Waals surface area (Å²) in [5.41, 5.74) is -0.213. The second-order valence-corrected chi connectivity index (χ2v) is 10.4. The number of nitrogens with one attached hydrogen (secondary N) is 1. The van der Waals surface area contributed by atoms with Crippen LogP contribution in [0.4, 0.5) is 14.5 Å². The van der Waals surface area contributed by atoms with E-state index in [1.807, 2.05) is 20.8 Å². The fourth-order valence-electron chi connectivity index (χ4n) is 3.93. The van der Waals surface area contributed by atoms with E-state index < -0.39 is 42.1 Å². The maximum atomic E-state index is 13.4. The molecule has 0 fully saturated rings. The Kier molecular flexibility index (Phi) is 10.5. The van der Waals surface area contributed by atoms with E-state index in [2.05, 4.69) is 5.32 Å². The molecule has 220 valence electrons. The van der Waals surface area contributed by atoms with Crippen LogP contribution in [0.1, 0.15) is 43.6 Å². The highest BCUT2D eigenvalue weighted by molar-refractivity contribution is 6.31. The van der Waals surface area contributed by atoms with Crippen molar-refractivity contribution in [2.24, 2.45) is 0 Å². The van der Waals surface area contributed by atoms with Crippen LogP contribution in [0.5, 0.6) is 11.5 Å². The van der Waals surface area contributed by atoms with E-state index in [-0.39, 0.29) is 46.2 Å². The molecule has 0 spiro atoms. The Balaban J connectivity index is 2.03. The number of anilines is 1. The molecule has 0 radical (unpaired) electrons. The molecule has 0 saturated carbocycles. The highest BCUT2D eigenvalue weighted by atomic mass is 35.5. The van der Waals surface area contributed by atoms with Gasteiger partial charge < -0.3 is 24.6 Å². The largest absolute Gasteiger partial charge is 0.495 e. The van der Waals surface area contributed by atoms with Gasteiger partial charge in [-0.05, 0) is 63.2 Å². The van der Waals surface area contributed by atoms with Crippen molar-refractivity contribution in [3.63, 3.8) is 0 Å². The zero-order valence-corrected chi connectivity index (χ0v) is 23.7. The standard InChI is InChI=1S/C29H31ClF2N2O7/c1-29(2,3)41-12-11-22(27(36)33-19-8-5-17(6-9-19)28(37)38)34-15-24(39-4)21(14-26(34)35)20-13-18(30)7-10-23(20)40-16-25(31)32/h5-10,13-15,22,25H,11-12,16H2,1-4H3,(H,33,36)(H,37,38). The third kappa shape index (κ3) is 8.76. The van der Waals surface area contributed by atoms with Crippen molar-refractivity contribution in [2.45, 2.75) is 45.3 Å². The molecule has 12 heteroatoms. The second-order valence-electron chi connectivity index (χ2n) is 9.98. The summed E-state index contributed by atoms with van der Waals surface area (Å²) in [6, 6.07) is 10.1. The zero-order chi connectivity index (χ0) is 30.3. The van der Waals surface area contributed by atoms with Gasteiger partial charge in [-0.15, -0.1) is 0 Å². The summed E-state index contributed by atoms with van der Waals surface area (Å²) in [6.07, 6.45) is -1.26. The minimum absolute atomic E-state index is 0.0487. The minimum Gasteiger partial charge on any atom is -0.495 e. The Morgan fingerprint density at radius 1 is 1.05 bits per heavy atom. The molecule has 0 saturated heterocycles. The van der Waals surface area contributed by atoms with Gasteiger partial charge in [-0.3, -0.25) is 14.2 Å². The summed E-state index contributed by atoms with van der Waals surface area (Å²) in [4.78, 5) is 38.1. The van der Waals surface area contributed by atoms with Gasteiger partial charge in [-0.1, -0.05) is 11.6 Å². The van der Waals surface area contributed by atoms with Gasteiger partial charge in [0.1, 0.15) is 24.1 Å². The van der Waals surface area contributed by atoms with Crippen molar-refractivity contribution >= 4 is 29.2 Å². The van der Waals surface area contributed by atoms with Crippen LogP contribution in [-0.4, -0.2) is 53.9 Å². The summed E-state index contributed by atoms with van der Waals surface area (Å²) >= 11 is 6.16. The van der Waals surface area contributed by atoms with Crippen LogP contribution in [0.2, 0.25) is 5.02 Å². The number of nitrogens with zero attached hydrogens (tertiary/aromatic N) is 1. The Morgan fingerprint density at radius 3 is 2.29 bits per heavy atom. The molecule has 3 rings (SSSR count). The van der Waals surface area contributed by atoms with Crippen molar-refractivity contribution in [3.05, 3.63) is 75.7 Å². The van der Waals surface area contributed by atoms with Gasteiger partial charge in [0.25, 0.3) is 12.0 Å². The fraction of sp³-hybridized carbons (Fsp3) is 0.345. The number of carboxylic acids is 1. The molecule has 0 aliphatic rings. The first-order chi connectivity index (χ1) is 19.3. The monoisotopic (exact) mass is 592 g/mol. The number of carbonyl (C=O) groups excluding carboxylic acids is 1. The number of benzene rings is 2. The van der Waals surface area contributed by atoms with E-state index in [1.54, 1.807) is 0 Å². The average molecular weight is 593 g/mol. The fourth-order valence-corrected chi connectivity index (χ4v) is 4.10. The van der Waals surface area contributed by atoms with Crippen LogP contribution in [0.3, 0.4) is 0 Å². The number of carboxylic acid groups (broad SMARTS) is 1. The molecule has 0 bridgehead atoms. The molecular weight excluding hydrogens is 562 g/mol. The summed E-state index contributed by atoms with van der Waals surface area (Å²) in [5.74, 6) is -1.43. The highest BCUT2D eigenvalue weighted by Crippen LogP contribution is 2.38. The van der Waals surface area contributed by atoms with Crippen LogP contribution < -0.4 is 20.3 Å². The van der Waals surface area contributed by atoms with E-state index in [9.17, 15) is 23.2 Å². The number of halogens is 3. The van der Waals surface area contributed by atoms with E-state index >= 15 is 0 Å². The van der Waals surface area contributed by atoms with Gasteiger partial charge in [0.15, 0.2) is 0 Å². The number of ether oxygens (including phenoxy) is 3. The molecule has 1 heterocycles. The molecular formula is C29H31ClF2N2O7. The molecule has 1 aromatic heterocycles. The molecule has 1 atom stereocenters. The Labute approximate surface area is 240 Å². The van der Waals surface area contributed by atoms with Crippen LogP contribution >= 0.6 is 11.6 Å². The molecule has 2 N–H and O–H groups in total. The number of carbonyl (C=O) groups is 2. The predicted octanol–water partition coefficient (Wildman–Crippen LogP) is 5.90. The summed E-state index contributed by atoms with van der Waals surface area (Å²) in [6.45, 7) is 4.84. The molecule has 2 aromatic carbocycles. The first-order valence-electron chi connectivity index (χ1n) is 12.6. The number of hydrogen-bond donors (Lipinski definition) is 2. The molecule has 3 aromatic rings. The first-order valence-corrected chi connectivity index (χ1v) is 13.0. The van der Waals surface area contributed by atoms with Gasteiger partial charge in [0, 0.05) is 40.9 Å². The number of rotatable bonds is 12. The van der Waals surface area contributed by atoms with Gasteiger partial charge in [-0.25, -0.2) is 13.6 Å². The Hall–Kier alpha value is -3.96. The SMILES string of the molecule is COc1cn(C(CCOC(C)(C)C)C(=O)Nc2ccc(C(=O)O)cc2)c(=O)cc1-c1cc(Cl)ccc1OCC(F)F. The lowest BCUT2D eigenvalue weighted by Crippen LogP contribution is -2.34. The molecule has 9 nitrogen and oxygen atoms in total. The topological polar surface area (TPSA) is 116 Å². The third-order valence-corrected chi connectivity index (χ3v) is 6.06. The van der Waals surface area contributed by atoms with Gasteiger partial charge in [-0.2, -0.15) is 0 Å². The number of alkyl halides is 2. The molecule has 0 aliphatic carbocycles. The van der Waals surface area contributed by atoms with Crippen molar-refractivity contribution in [1.29, 1.82) is 0 Å². The summed E-state index contributed by atoms with van der Waals surface area (Å²) < 4.78 is 43.5. The van der Waals surface area contributed by atoms with E-state index in [4.69, 9.17) is 30.9 Å². The predicted molar refractivity (Wildman–Crippen MR) is 151 cm³/mol. The Morgan fingerprint density at radius 2 is 1.71 bits per heavy atom. The minimum atomic E-state index is -2.72. The van der Waals surface area contributed by atoms with Crippen molar-refractivity contribution in [3.8, 4) is 22.6 Å². The van der Waals surface area contributed by atoms with Crippen molar-refractivity contribution < 1.29 is 37.7 Å². The number of methoxy groups -OCH3 is 1. The van der Waals surface area contributed by atoms with E-state index in [0.717, 1.165) is 0 Å². The Bertz CT molecular complexity index is 1440. The maximum absolute atomic E-state index is 13.4. The first kappa shape index (κ1) is 31.6. The number of aromatic carboxylic acids is 1. The van der Waals surface area contributed by atoms with Crippen molar-refractivity contribution in [1.82, 2.24) is 4.57 Å². The third-order valence-electron chi connectivity index (χ3n) is 5.82. The number of amides is 1. The van der Waals surface area contributed by atoms with Gasteiger partial charge in [0.2, 0.25) is 5.91 Å². The van der Waals surface area contributed by atoms with E-state index in [1.165, 1.54) is 66.4 Å². The van der Waals surface area contributed by atoms with Gasteiger partial charge >= 0.3 is 5.97 Å².